The molecule has 0 spiro atoms. The van der Waals surface area contributed by atoms with E-state index in [0.717, 1.165) is 21.9 Å². The molecular weight excluding hydrogens is 329 g/mol. The van der Waals surface area contributed by atoms with Crippen LogP contribution in [0.3, 0.4) is 0 Å². The number of hydrogen-bond acceptors (Lipinski definition) is 2. The number of rotatable bonds is 6. The molecule has 0 radical (unpaired) electrons. The smallest absolute Gasteiger partial charge is 0.205 e. The van der Waals surface area contributed by atoms with Gasteiger partial charge >= 0.3 is 0 Å². The lowest BCUT2D eigenvalue weighted by Crippen LogP contribution is -2.29. The second-order valence-electron chi connectivity index (χ2n) is 5.91. The molecule has 1 N–H and O–H groups in total. The normalized spacial score (nSPS) is 12.6. The molecule has 0 aliphatic carbocycles. The summed E-state index contributed by atoms with van der Waals surface area (Å²) in [5, 5.41) is 5.00. The Morgan fingerprint density at radius 2 is 1.40 bits per heavy atom. The van der Waals surface area contributed by atoms with Crippen molar-refractivity contribution in [1.29, 1.82) is 0 Å². The van der Waals surface area contributed by atoms with Gasteiger partial charge in [-0.1, -0.05) is 48.5 Å². The van der Waals surface area contributed by atoms with Crippen molar-refractivity contribution in [3.63, 3.8) is 0 Å². The van der Waals surface area contributed by atoms with Crippen LogP contribution < -0.4 is 20.4 Å². The second kappa shape index (κ2) is 7.69. The third kappa shape index (κ3) is 3.84. The lowest BCUT2D eigenvalue weighted by Gasteiger charge is -2.25. The summed E-state index contributed by atoms with van der Waals surface area (Å²) in [5.41, 5.74) is 1.03. The molecular formula is C21H22NO2P. The highest BCUT2D eigenvalue weighted by molar-refractivity contribution is 7.76. The summed E-state index contributed by atoms with van der Waals surface area (Å²) >= 11 is 0. The van der Waals surface area contributed by atoms with Crippen LogP contribution in [0.15, 0.2) is 84.9 Å². The lowest BCUT2D eigenvalue weighted by atomic mass is 10.1. The van der Waals surface area contributed by atoms with Crippen molar-refractivity contribution in [3.05, 3.63) is 90.5 Å². The van der Waals surface area contributed by atoms with E-state index in [0.29, 0.717) is 0 Å². The van der Waals surface area contributed by atoms with E-state index in [4.69, 9.17) is 4.74 Å². The fourth-order valence-corrected chi connectivity index (χ4v) is 5.31. The number of ether oxygens (including phenoxy) is 1. The summed E-state index contributed by atoms with van der Waals surface area (Å²) in [5.74, 6) is 0.792. The molecule has 0 amide bonds. The summed E-state index contributed by atoms with van der Waals surface area (Å²) in [6.07, 6.45) is 0. The van der Waals surface area contributed by atoms with E-state index in [1.54, 1.807) is 7.11 Å². The molecule has 3 aromatic carbocycles. The van der Waals surface area contributed by atoms with Crippen LogP contribution >= 0.6 is 7.29 Å². The summed E-state index contributed by atoms with van der Waals surface area (Å²) < 4.78 is 19.3. The zero-order valence-electron chi connectivity index (χ0n) is 14.4. The molecule has 0 bridgehead atoms. The van der Waals surface area contributed by atoms with Crippen LogP contribution in [0.5, 0.6) is 5.75 Å². The molecule has 3 aromatic rings. The first-order valence-corrected chi connectivity index (χ1v) is 9.97. The molecule has 0 saturated heterocycles. The third-order valence-electron chi connectivity index (χ3n) is 4.21. The highest BCUT2D eigenvalue weighted by Crippen LogP contribution is 2.41. The van der Waals surface area contributed by atoms with Crippen LogP contribution in [-0.2, 0) is 4.57 Å². The molecule has 0 saturated carbocycles. The molecule has 4 heteroatoms. The van der Waals surface area contributed by atoms with Gasteiger partial charge in [-0.25, -0.2) is 0 Å². The first-order chi connectivity index (χ1) is 12.1. The van der Waals surface area contributed by atoms with Crippen molar-refractivity contribution in [2.75, 3.05) is 7.11 Å². The Morgan fingerprint density at radius 1 is 0.840 bits per heavy atom. The first-order valence-electron chi connectivity index (χ1n) is 8.26. The summed E-state index contributed by atoms with van der Waals surface area (Å²) in [6, 6.07) is 27.0. The van der Waals surface area contributed by atoms with Crippen molar-refractivity contribution in [2.45, 2.75) is 13.0 Å². The minimum Gasteiger partial charge on any atom is -0.497 e. The van der Waals surface area contributed by atoms with Crippen LogP contribution in [0.2, 0.25) is 0 Å². The Kier molecular flexibility index (Phi) is 5.37. The van der Waals surface area contributed by atoms with Gasteiger partial charge in [0.2, 0.25) is 7.29 Å². The highest BCUT2D eigenvalue weighted by atomic mass is 31.2. The van der Waals surface area contributed by atoms with Gasteiger partial charge in [-0.15, -0.1) is 0 Å². The highest BCUT2D eigenvalue weighted by Gasteiger charge is 2.29. The number of benzene rings is 3. The largest absolute Gasteiger partial charge is 0.497 e. The van der Waals surface area contributed by atoms with Gasteiger partial charge in [0, 0.05) is 16.7 Å². The van der Waals surface area contributed by atoms with Gasteiger partial charge < -0.3 is 4.74 Å². The Hall–Kier alpha value is -2.35. The van der Waals surface area contributed by atoms with Gasteiger partial charge in [-0.3, -0.25) is 9.65 Å². The van der Waals surface area contributed by atoms with E-state index in [1.165, 1.54) is 0 Å². The molecule has 0 aliphatic heterocycles. The van der Waals surface area contributed by atoms with E-state index in [1.807, 2.05) is 91.9 Å². The van der Waals surface area contributed by atoms with Crippen molar-refractivity contribution >= 4 is 17.9 Å². The molecule has 0 aliphatic rings. The standard InChI is InChI=1S/C21H22NO2P/c1-17(18-10-9-11-19(16-18)24-2)22-25(23,20-12-5-3-6-13-20)21-14-7-4-8-15-21/h3-17H,1-2H3,(H,22,23)/t17-/m0/s1. The minimum absolute atomic E-state index is 0.0960. The summed E-state index contributed by atoms with van der Waals surface area (Å²) in [7, 11) is -1.31. The quantitative estimate of drug-likeness (QED) is 0.674. The van der Waals surface area contributed by atoms with E-state index >= 15 is 0 Å². The van der Waals surface area contributed by atoms with E-state index in [9.17, 15) is 4.57 Å². The van der Waals surface area contributed by atoms with Crippen LogP contribution in [0.25, 0.3) is 0 Å². The fourth-order valence-electron chi connectivity index (χ4n) is 2.83. The molecule has 3 nitrogen and oxygen atoms in total. The van der Waals surface area contributed by atoms with Gasteiger partial charge in [-0.2, -0.15) is 0 Å². The van der Waals surface area contributed by atoms with Gasteiger partial charge in [0.05, 0.1) is 7.11 Å². The van der Waals surface area contributed by atoms with Crippen molar-refractivity contribution in [2.24, 2.45) is 0 Å². The maximum Gasteiger partial charge on any atom is 0.205 e. The van der Waals surface area contributed by atoms with Gasteiger partial charge in [-0.05, 0) is 48.9 Å². The van der Waals surface area contributed by atoms with E-state index in [2.05, 4.69) is 5.09 Å². The summed E-state index contributed by atoms with van der Waals surface area (Å²) in [4.78, 5) is 0. The summed E-state index contributed by atoms with van der Waals surface area (Å²) in [6.45, 7) is 2.02. The number of methoxy groups -OCH3 is 1. The molecule has 128 valence electrons. The average Bonchev–Trinajstić information content (AvgIpc) is 2.69. The van der Waals surface area contributed by atoms with Crippen molar-refractivity contribution < 1.29 is 9.30 Å². The van der Waals surface area contributed by atoms with E-state index in [-0.39, 0.29) is 6.04 Å². The molecule has 1 atom stereocenters. The van der Waals surface area contributed by atoms with Crippen molar-refractivity contribution in [3.8, 4) is 5.75 Å². The predicted octanol–water partition coefficient (Wildman–Crippen LogP) is 4.27. The van der Waals surface area contributed by atoms with Gasteiger partial charge in [0.25, 0.3) is 0 Å². The van der Waals surface area contributed by atoms with Crippen LogP contribution in [0.4, 0.5) is 0 Å². The lowest BCUT2D eigenvalue weighted by molar-refractivity contribution is 0.413. The van der Waals surface area contributed by atoms with E-state index < -0.39 is 7.29 Å². The Balaban J connectivity index is 2.00. The Labute approximate surface area is 149 Å². The minimum atomic E-state index is -2.96. The van der Waals surface area contributed by atoms with Crippen molar-refractivity contribution in [1.82, 2.24) is 5.09 Å². The van der Waals surface area contributed by atoms with Crippen LogP contribution in [0.1, 0.15) is 18.5 Å². The zero-order valence-corrected chi connectivity index (χ0v) is 15.3. The van der Waals surface area contributed by atoms with Gasteiger partial charge in [0.15, 0.2) is 0 Å². The predicted molar refractivity (Wildman–Crippen MR) is 104 cm³/mol. The van der Waals surface area contributed by atoms with Gasteiger partial charge in [0.1, 0.15) is 5.75 Å². The van der Waals surface area contributed by atoms with Crippen LogP contribution in [0, 0.1) is 0 Å². The molecule has 0 aromatic heterocycles. The average molecular weight is 351 g/mol. The third-order valence-corrected chi connectivity index (χ3v) is 7.01. The molecule has 25 heavy (non-hydrogen) atoms. The topological polar surface area (TPSA) is 38.3 Å². The van der Waals surface area contributed by atoms with Crippen LogP contribution in [-0.4, -0.2) is 7.11 Å². The second-order valence-corrected chi connectivity index (χ2v) is 8.42. The fraction of sp³-hybridized carbons (Fsp3) is 0.143. The molecule has 3 rings (SSSR count). The number of hydrogen-bond donors (Lipinski definition) is 1. The maximum atomic E-state index is 14.0. The molecule has 0 heterocycles. The monoisotopic (exact) mass is 351 g/mol. The Morgan fingerprint density at radius 3 is 1.92 bits per heavy atom. The molecule has 0 fully saturated rings. The zero-order chi connectivity index (χ0) is 17.7. The Bertz CT molecular complexity index is 822. The first kappa shape index (κ1) is 17.5. The number of nitrogens with one attached hydrogen (secondary N) is 1. The SMILES string of the molecule is COc1cccc([C@H](C)NP(=O)(c2ccccc2)c2ccccc2)c1. The maximum absolute atomic E-state index is 14.0. The molecule has 0 unspecified atom stereocenters.